The van der Waals surface area contributed by atoms with Crippen LogP contribution >= 0.6 is 22.9 Å². The molecule has 0 saturated heterocycles. The number of rotatable bonds is 4. The molecule has 0 fully saturated rings. The molecule has 0 aliphatic carbocycles. The fourth-order valence-corrected chi connectivity index (χ4v) is 2.39. The summed E-state index contributed by atoms with van der Waals surface area (Å²) in [6, 6.07) is 1.82. The SMILES string of the molecule is CCc1cnc(C(C)Nc2cc(Cl)ncn2)s1. The zero-order valence-corrected chi connectivity index (χ0v) is 11.2. The van der Waals surface area contributed by atoms with Crippen molar-refractivity contribution in [3.8, 4) is 0 Å². The molecule has 1 N–H and O–H groups in total. The van der Waals surface area contributed by atoms with E-state index in [9.17, 15) is 0 Å². The van der Waals surface area contributed by atoms with E-state index in [2.05, 4.69) is 27.2 Å². The summed E-state index contributed by atoms with van der Waals surface area (Å²) in [6.07, 6.45) is 4.38. The van der Waals surface area contributed by atoms with Crippen LogP contribution in [0.4, 0.5) is 5.82 Å². The Morgan fingerprint density at radius 1 is 1.41 bits per heavy atom. The predicted molar refractivity (Wildman–Crippen MR) is 70.6 cm³/mol. The summed E-state index contributed by atoms with van der Waals surface area (Å²) in [5, 5.41) is 4.73. The van der Waals surface area contributed by atoms with Crippen molar-refractivity contribution in [3.05, 3.63) is 33.6 Å². The van der Waals surface area contributed by atoms with E-state index >= 15 is 0 Å². The molecule has 0 bridgehead atoms. The van der Waals surface area contributed by atoms with Gasteiger partial charge in [-0.1, -0.05) is 18.5 Å². The first-order valence-corrected chi connectivity index (χ1v) is 6.57. The number of hydrogen-bond acceptors (Lipinski definition) is 5. The zero-order valence-electron chi connectivity index (χ0n) is 9.64. The summed E-state index contributed by atoms with van der Waals surface area (Å²) >= 11 is 7.51. The van der Waals surface area contributed by atoms with Crippen molar-refractivity contribution in [2.45, 2.75) is 26.3 Å². The Hall–Kier alpha value is -1.20. The van der Waals surface area contributed by atoms with Gasteiger partial charge < -0.3 is 5.32 Å². The van der Waals surface area contributed by atoms with Crippen LogP contribution in [0.5, 0.6) is 0 Å². The Morgan fingerprint density at radius 3 is 2.88 bits per heavy atom. The van der Waals surface area contributed by atoms with Crippen LogP contribution in [0.2, 0.25) is 5.15 Å². The summed E-state index contributed by atoms with van der Waals surface area (Å²) < 4.78 is 0. The first kappa shape index (κ1) is 12.3. The second-order valence-electron chi connectivity index (χ2n) is 3.61. The molecule has 17 heavy (non-hydrogen) atoms. The van der Waals surface area contributed by atoms with Gasteiger partial charge in [-0.2, -0.15) is 0 Å². The lowest BCUT2D eigenvalue weighted by molar-refractivity contribution is 0.858. The van der Waals surface area contributed by atoms with E-state index < -0.39 is 0 Å². The number of hydrogen-bond donors (Lipinski definition) is 1. The highest BCUT2D eigenvalue weighted by Crippen LogP contribution is 2.23. The van der Waals surface area contributed by atoms with Crippen molar-refractivity contribution in [1.29, 1.82) is 0 Å². The summed E-state index contributed by atoms with van der Waals surface area (Å²) in [7, 11) is 0. The van der Waals surface area contributed by atoms with E-state index in [1.54, 1.807) is 17.4 Å². The molecule has 0 aliphatic heterocycles. The van der Waals surface area contributed by atoms with Crippen molar-refractivity contribution in [1.82, 2.24) is 15.0 Å². The highest BCUT2D eigenvalue weighted by molar-refractivity contribution is 7.11. The molecule has 90 valence electrons. The van der Waals surface area contributed by atoms with Gasteiger partial charge >= 0.3 is 0 Å². The third kappa shape index (κ3) is 3.14. The smallest absolute Gasteiger partial charge is 0.134 e. The fraction of sp³-hybridized carbons (Fsp3) is 0.364. The fourth-order valence-electron chi connectivity index (χ4n) is 1.38. The number of aromatic nitrogens is 3. The summed E-state index contributed by atoms with van der Waals surface area (Å²) in [5.41, 5.74) is 0. The van der Waals surface area contributed by atoms with Crippen LogP contribution in [0, 0.1) is 0 Å². The van der Waals surface area contributed by atoms with E-state index in [-0.39, 0.29) is 6.04 Å². The van der Waals surface area contributed by atoms with E-state index in [0.29, 0.717) is 11.0 Å². The lowest BCUT2D eigenvalue weighted by atomic mass is 10.3. The standard InChI is InChI=1S/C11H13ClN4S/c1-3-8-5-13-11(17-8)7(2)16-10-4-9(12)14-6-15-10/h4-7H,3H2,1-2H3,(H,14,15,16). The van der Waals surface area contributed by atoms with E-state index in [0.717, 1.165) is 11.4 Å². The van der Waals surface area contributed by atoms with Gasteiger partial charge in [0.15, 0.2) is 0 Å². The molecule has 0 saturated carbocycles. The number of aryl methyl sites for hydroxylation is 1. The second kappa shape index (κ2) is 5.42. The van der Waals surface area contributed by atoms with Crippen molar-refractivity contribution < 1.29 is 0 Å². The molecule has 6 heteroatoms. The molecule has 2 rings (SSSR count). The average molecular weight is 269 g/mol. The Labute approximate surface area is 109 Å². The molecule has 0 radical (unpaired) electrons. The molecule has 4 nitrogen and oxygen atoms in total. The van der Waals surface area contributed by atoms with Gasteiger partial charge in [0, 0.05) is 17.1 Å². The van der Waals surface area contributed by atoms with Crippen LogP contribution in [0.1, 0.15) is 29.8 Å². The second-order valence-corrected chi connectivity index (χ2v) is 5.14. The van der Waals surface area contributed by atoms with E-state index in [1.165, 1.54) is 11.2 Å². The van der Waals surface area contributed by atoms with Crippen LogP contribution < -0.4 is 5.32 Å². The first-order chi connectivity index (χ1) is 8.19. The first-order valence-electron chi connectivity index (χ1n) is 5.37. The van der Waals surface area contributed by atoms with Gasteiger partial charge in [-0.15, -0.1) is 11.3 Å². The molecular weight excluding hydrogens is 256 g/mol. The largest absolute Gasteiger partial charge is 0.361 e. The van der Waals surface area contributed by atoms with Gasteiger partial charge in [-0.25, -0.2) is 15.0 Å². The Kier molecular flexibility index (Phi) is 3.91. The Bertz CT molecular complexity index is 500. The highest BCUT2D eigenvalue weighted by Gasteiger charge is 2.10. The minimum atomic E-state index is 0.117. The van der Waals surface area contributed by atoms with Crippen LogP contribution in [0.3, 0.4) is 0 Å². The molecule has 2 heterocycles. The molecular formula is C11H13ClN4S. The predicted octanol–water partition coefficient (Wildman–Crippen LogP) is 3.32. The van der Waals surface area contributed by atoms with Gasteiger partial charge in [-0.05, 0) is 13.3 Å². The van der Waals surface area contributed by atoms with Gasteiger partial charge in [-0.3, -0.25) is 0 Å². The number of thiazole rings is 1. The van der Waals surface area contributed by atoms with Crippen LogP contribution in [-0.4, -0.2) is 15.0 Å². The monoisotopic (exact) mass is 268 g/mol. The van der Waals surface area contributed by atoms with Crippen LogP contribution in [0.15, 0.2) is 18.6 Å². The third-order valence-corrected chi connectivity index (χ3v) is 3.82. The molecule has 1 unspecified atom stereocenters. The summed E-state index contributed by atoms with van der Waals surface area (Å²) in [5.74, 6) is 0.714. The van der Waals surface area contributed by atoms with Crippen LogP contribution in [-0.2, 0) is 6.42 Å². The minimum absolute atomic E-state index is 0.117. The number of anilines is 1. The number of halogens is 1. The molecule has 0 aliphatic rings. The average Bonchev–Trinajstić information content (AvgIpc) is 2.77. The van der Waals surface area contributed by atoms with Gasteiger partial charge in [0.1, 0.15) is 22.3 Å². The summed E-state index contributed by atoms with van der Waals surface area (Å²) in [6.45, 7) is 4.17. The molecule has 2 aromatic rings. The lowest BCUT2D eigenvalue weighted by Crippen LogP contribution is -2.07. The maximum atomic E-state index is 5.80. The van der Waals surface area contributed by atoms with Crippen molar-refractivity contribution >= 4 is 28.8 Å². The normalized spacial score (nSPS) is 12.4. The van der Waals surface area contributed by atoms with Gasteiger partial charge in [0.2, 0.25) is 0 Å². The van der Waals surface area contributed by atoms with Crippen molar-refractivity contribution in [3.63, 3.8) is 0 Å². The highest BCUT2D eigenvalue weighted by atomic mass is 35.5. The quantitative estimate of drug-likeness (QED) is 0.865. The van der Waals surface area contributed by atoms with Crippen molar-refractivity contribution in [2.24, 2.45) is 0 Å². The lowest BCUT2D eigenvalue weighted by Gasteiger charge is -2.11. The van der Waals surface area contributed by atoms with Gasteiger partial charge in [0.25, 0.3) is 0 Å². The van der Waals surface area contributed by atoms with Crippen molar-refractivity contribution in [2.75, 3.05) is 5.32 Å². The number of nitrogens with one attached hydrogen (secondary N) is 1. The van der Waals surface area contributed by atoms with Crippen LogP contribution in [0.25, 0.3) is 0 Å². The van der Waals surface area contributed by atoms with E-state index in [4.69, 9.17) is 11.6 Å². The Balaban J connectivity index is 2.08. The van der Waals surface area contributed by atoms with Gasteiger partial charge in [0.05, 0.1) is 6.04 Å². The molecule has 0 spiro atoms. The summed E-state index contributed by atoms with van der Waals surface area (Å²) in [4.78, 5) is 13.6. The van der Waals surface area contributed by atoms with E-state index in [1.807, 2.05) is 13.1 Å². The number of nitrogens with zero attached hydrogens (tertiary/aromatic N) is 3. The molecule has 1 atom stereocenters. The topological polar surface area (TPSA) is 50.7 Å². The maximum Gasteiger partial charge on any atom is 0.134 e. The third-order valence-electron chi connectivity index (χ3n) is 2.29. The molecule has 0 aromatic carbocycles. The maximum absolute atomic E-state index is 5.80. The molecule has 2 aromatic heterocycles. The Morgan fingerprint density at radius 2 is 2.24 bits per heavy atom. The minimum Gasteiger partial charge on any atom is -0.361 e. The molecule has 0 amide bonds. The zero-order chi connectivity index (χ0) is 12.3.